The number of hydrogen-bond acceptors (Lipinski definition) is 2. The second kappa shape index (κ2) is 6.29. The molecule has 2 rings (SSSR count). The fourth-order valence-electron chi connectivity index (χ4n) is 3.08. The summed E-state index contributed by atoms with van der Waals surface area (Å²) in [5.41, 5.74) is 2.98. The van der Waals surface area contributed by atoms with E-state index in [-0.39, 0.29) is 5.91 Å². The van der Waals surface area contributed by atoms with Crippen LogP contribution in [-0.4, -0.2) is 29.9 Å². The molecule has 3 nitrogen and oxygen atoms in total. The number of aryl methyl sites for hydroxylation is 1. The highest BCUT2D eigenvalue weighted by Gasteiger charge is 2.28. The number of hydrogen-bond donors (Lipinski definition) is 1. The molecule has 110 valence electrons. The molecule has 1 saturated heterocycles. The first-order valence-electron chi connectivity index (χ1n) is 7.68. The van der Waals surface area contributed by atoms with Crippen LogP contribution < -0.4 is 5.32 Å². The van der Waals surface area contributed by atoms with Crippen LogP contribution in [0.5, 0.6) is 0 Å². The van der Waals surface area contributed by atoms with Crippen LogP contribution in [-0.2, 0) is 0 Å². The Morgan fingerprint density at radius 1 is 1.40 bits per heavy atom. The van der Waals surface area contributed by atoms with E-state index in [4.69, 9.17) is 0 Å². The van der Waals surface area contributed by atoms with Gasteiger partial charge >= 0.3 is 0 Å². The van der Waals surface area contributed by atoms with Crippen LogP contribution in [0.25, 0.3) is 0 Å². The molecule has 0 bridgehead atoms. The molecule has 3 heteroatoms. The molecule has 1 amide bonds. The topological polar surface area (TPSA) is 32.3 Å². The van der Waals surface area contributed by atoms with Crippen LogP contribution in [0.2, 0.25) is 0 Å². The van der Waals surface area contributed by atoms with Crippen molar-refractivity contribution in [2.24, 2.45) is 5.92 Å². The van der Waals surface area contributed by atoms with E-state index in [1.807, 2.05) is 24.0 Å². The molecular formula is C17H26N2O. The minimum absolute atomic E-state index is 0.185. The third kappa shape index (κ3) is 3.14. The molecule has 20 heavy (non-hydrogen) atoms. The Morgan fingerprint density at radius 3 is 2.75 bits per heavy atom. The standard InChI is InChI=1S/C17H26N2O/c1-5-18-15-6-7-16(13(3)11-15)17(20)19-9-8-12(2)10-14(19)4/h6-7,11-12,14,18H,5,8-10H2,1-4H3. The van der Waals surface area contributed by atoms with E-state index in [9.17, 15) is 4.79 Å². The van der Waals surface area contributed by atoms with E-state index in [0.717, 1.165) is 48.7 Å². The molecule has 0 aliphatic carbocycles. The lowest BCUT2D eigenvalue weighted by molar-refractivity contribution is 0.0588. The predicted octanol–water partition coefficient (Wildman–Crippen LogP) is 3.69. The number of nitrogens with zero attached hydrogens (tertiary/aromatic N) is 1. The summed E-state index contributed by atoms with van der Waals surface area (Å²) >= 11 is 0. The Balaban J connectivity index is 2.16. The smallest absolute Gasteiger partial charge is 0.254 e. The molecule has 0 aromatic heterocycles. The van der Waals surface area contributed by atoms with Gasteiger partial charge in [0.25, 0.3) is 5.91 Å². The molecule has 0 spiro atoms. The molecule has 1 aromatic carbocycles. The second-order valence-corrected chi connectivity index (χ2v) is 6.04. The largest absolute Gasteiger partial charge is 0.385 e. The Bertz CT molecular complexity index is 484. The van der Waals surface area contributed by atoms with Crippen molar-refractivity contribution >= 4 is 11.6 Å². The third-order valence-electron chi connectivity index (χ3n) is 4.24. The van der Waals surface area contributed by atoms with E-state index < -0.39 is 0 Å². The van der Waals surface area contributed by atoms with Crippen molar-refractivity contribution in [1.29, 1.82) is 0 Å². The maximum atomic E-state index is 12.7. The van der Waals surface area contributed by atoms with Gasteiger partial charge in [0.2, 0.25) is 0 Å². The number of carbonyl (C=O) groups excluding carboxylic acids is 1. The fraction of sp³-hybridized carbons (Fsp3) is 0.588. The van der Waals surface area contributed by atoms with E-state index in [1.54, 1.807) is 0 Å². The van der Waals surface area contributed by atoms with Crippen molar-refractivity contribution < 1.29 is 4.79 Å². The van der Waals surface area contributed by atoms with Crippen LogP contribution in [0.4, 0.5) is 5.69 Å². The minimum Gasteiger partial charge on any atom is -0.385 e. The van der Waals surface area contributed by atoms with Crippen LogP contribution in [0.3, 0.4) is 0 Å². The SMILES string of the molecule is CCNc1ccc(C(=O)N2CCC(C)CC2C)c(C)c1. The molecule has 1 aliphatic heterocycles. The van der Waals surface area contributed by atoms with Crippen LogP contribution in [0, 0.1) is 12.8 Å². The maximum Gasteiger partial charge on any atom is 0.254 e. The van der Waals surface area contributed by atoms with Gasteiger partial charge in [-0.05, 0) is 63.3 Å². The molecule has 0 radical (unpaired) electrons. The average molecular weight is 274 g/mol. The Hall–Kier alpha value is -1.51. The maximum absolute atomic E-state index is 12.7. The van der Waals surface area contributed by atoms with Gasteiger partial charge in [-0.3, -0.25) is 4.79 Å². The van der Waals surface area contributed by atoms with Crippen molar-refractivity contribution in [2.45, 2.75) is 46.6 Å². The van der Waals surface area contributed by atoms with Gasteiger partial charge in [0.1, 0.15) is 0 Å². The number of benzene rings is 1. The summed E-state index contributed by atoms with van der Waals surface area (Å²) < 4.78 is 0. The zero-order chi connectivity index (χ0) is 14.7. The Morgan fingerprint density at radius 2 is 2.15 bits per heavy atom. The molecule has 2 unspecified atom stereocenters. The number of nitrogens with one attached hydrogen (secondary N) is 1. The molecule has 1 aromatic rings. The van der Waals surface area contributed by atoms with Crippen LogP contribution >= 0.6 is 0 Å². The van der Waals surface area contributed by atoms with Gasteiger partial charge in [0, 0.05) is 30.4 Å². The van der Waals surface area contributed by atoms with E-state index in [2.05, 4.69) is 32.2 Å². The number of rotatable bonds is 3. The van der Waals surface area contributed by atoms with Gasteiger partial charge in [0.15, 0.2) is 0 Å². The molecule has 1 N–H and O–H groups in total. The predicted molar refractivity (Wildman–Crippen MR) is 84.2 cm³/mol. The summed E-state index contributed by atoms with van der Waals surface area (Å²) in [6.07, 6.45) is 2.23. The zero-order valence-electron chi connectivity index (χ0n) is 13.1. The highest BCUT2D eigenvalue weighted by atomic mass is 16.2. The van der Waals surface area contributed by atoms with Crippen molar-refractivity contribution in [3.05, 3.63) is 29.3 Å². The third-order valence-corrected chi connectivity index (χ3v) is 4.24. The normalized spacial score (nSPS) is 22.7. The van der Waals surface area contributed by atoms with Crippen molar-refractivity contribution in [1.82, 2.24) is 4.90 Å². The first-order chi connectivity index (χ1) is 9.52. The lowest BCUT2D eigenvalue weighted by Crippen LogP contribution is -2.44. The zero-order valence-corrected chi connectivity index (χ0v) is 13.1. The number of carbonyl (C=O) groups is 1. The van der Waals surface area contributed by atoms with E-state index in [0.29, 0.717) is 6.04 Å². The average Bonchev–Trinajstić information content (AvgIpc) is 2.38. The molecule has 2 atom stereocenters. The van der Waals surface area contributed by atoms with Crippen molar-refractivity contribution in [3.8, 4) is 0 Å². The summed E-state index contributed by atoms with van der Waals surface area (Å²) in [6, 6.07) is 6.37. The summed E-state index contributed by atoms with van der Waals surface area (Å²) in [7, 11) is 0. The second-order valence-electron chi connectivity index (χ2n) is 6.04. The fourth-order valence-corrected chi connectivity index (χ4v) is 3.08. The van der Waals surface area contributed by atoms with Gasteiger partial charge in [-0.25, -0.2) is 0 Å². The van der Waals surface area contributed by atoms with Crippen LogP contribution in [0.1, 0.15) is 49.5 Å². The highest BCUT2D eigenvalue weighted by molar-refractivity contribution is 5.96. The number of piperidine rings is 1. The lowest BCUT2D eigenvalue weighted by Gasteiger charge is -2.36. The van der Waals surface area contributed by atoms with Gasteiger partial charge < -0.3 is 10.2 Å². The van der Waals surface area contributed by atoms with E-state index >= 15 is 0 Å². The summed E-state index contributed by atoms with van der Waals surface area (Å²) in [5, 5.41) is 3.28. The first kappa shape index (κ1) is 14.9. The first-order valence-corrected chi connectivity index (χ1v) is 7.68. The number of amides is 1. The van der Waals surface area contributed by atoms with Gasteiger partial charge in [-0.2, -0.15) is 0 Å². The molecule has 1 aliphatic rings. The summed E-state index contributed by atoms with van der Waals surface area (Å²) in [4.78, 5) is 14.7. The van der Waals surface area contributed by atoms with Gasteiger partial charge in [-0.1, -0.05) is 6.92 Å². The molecule has 1 heterocycles. The molecule has 0 saturated carbocycles. The quantitative estimate of drug-likeness (QED) is 0.911. The molecular weight excluding hydrogens is 248 g/mol. The monoisotopic (exact) mass is 274 g/mol. The summed E-state index contributed by atoms with van der Waals surface area (Å²) in [5.74, 6) is 0.913. The summed E-state index contributed by atoms with van der Waals surface area (Å²) in [6.45, 7) is 10.3. The number of likely N-dealkylation sites (tertiary alicyclic amines) is 1. The highest BCUT2D eigenvalue weighted by Crippen LogP contribution is 2.25. The van der Waals surface area contributed by atoms with Crippen molar-refractivity contribution in [2.75, 3.05) is 18.4 Å². The van der Waals surface area contributed by atoms with Crippen molar-refractivity contribution in [3.63, 3.8) is 0 Å². The van der Waals surface area contributed by atoms with Gasteiger partial charge in [-0.15, -0.1) is 0 Å². The minimum atomic E-state index is 0.185. The number of anilines is 1. The van der Waals surface area contributed by atoms with E-state index in [1.165, 1.54) is 0 Å². The Kier molecular flexibility index (Phi) is 4.69. The molecule has 1 fully saturated rings. The Labute approximate surface area is 122 Å². The lowest BCUT2D eigenvalue weighted by atomic mass is 9.92. The van der Waals surface area contributed by atoms with Crippen LogP contribution in [0.15, 0.2) is 18.2 Å². The van der Waals surface area contributed by atoms with Gasteiger partial charge in [0.05, 0.1) is 0 Å².